The number of thiocarbonyl (C=S) groups is 1. The van der Waals surface area contributed by atoms with Crippen LogP contribution in [0.4, 0.5) is 0 Å². The summed E-state index contributed by atoms with van der Waals surface area (Å²) >= 11 is 8.66. The van der Waals surface area contributed by atoms with Crippen LogP contribution in [0.2, 0.25) is 0 Å². The zero-order valence-electron chi connectivity index (χ0n) is 12.8. The van der Waals surface area contributed by atoms with Crippen LogP contribution in [0.5, 0.6) is 5.75 Å². The summed E-state index contributed by atoms with van der Waals surface area (Å²) in [5.41, 5.74) is 4.91. The number of rotatable bonds is 6. The lowest BCUT2D eigenvalue weighted by molar-refractivity contribution is 0.338. The van der Waals surface area contributed by atoms with Gasteiger partial charge in [0.2, 0.25) is 0 Å². The van der Waals surface area contributed by atoms with Gasteiger partial charge in [0.05, 0.1) is 17.3 Å². The first-order chi connectivity index (χ1) is 11.2. The smallest absolute Gasteiger partial charge is 0.187 e. The molecule has 2 rings (SSSR count). The molecule has 0 aliphatic rings. The summed E-state index contributed by atoms with van der Waals surface area (Å²) in [6.45, 7) is 3.25. The molecule has 0 heterocycles. The summed E-state index contributed by atoms with van der Waals surface area (Å²) in [6, 6.07) is 15.8. The Bertz CT molecular complexity index is 677. The molecule has 0 aliphatic carbocycles. The molecule has 6 heteroatoms. The third kappa shape index (κ3) is 6.00. The van der Waals surface area contributed by atoms with Crippen molar-refractivity contribution in [3.05, 3.63) is 64.1 Å². The van der Waals surface area contributed by atoms with Crippen molar-refractivity contribution < 1.29 is 4.74 Å². The summed E-state index contributed by atoms with van der Waals surface area (Å²) in [4.78, 5) is 0. The molecule has 2 aromatic carbocycles. The molecule has 0 bridgehead atoms. The number of hydrazone groups is 1. The van der Waals surface area contributed by atoms with Crippen LogP contribution in [0.1, 0.15) is 18.1 Å². The Morgan fingerprint density at radius 1 is 1.26 bits per heavy atom. The van der Waals surface area contributed by atoms with Crippen LogP contribution >= 0.6 is 28.1 Å². The van der Waals surface area contributed by atoms with Gasteiger partial charge in [-0.25, -0.2) is 0 Å². The van der Waals surface area contributed by atoms with E-state index in [0.717, 1.165) is 21.3 Å². The molecule has 0 aliphatic heterocycles. The van der Waals surface area contributed by atoms with E-state index in [9.17, 15) is 0 Å². The van der Waals surface area contributed by atoms with Crippen LogP contribution in [0.25, 0.3) is 0 Å². The molecule has 0 unspecified atom stereocenters. The van der Waals surface area contributed by atoms with E-state index in [4.69, 9.17) is 17.0 Å². The first-order valence-electron chi connectivity index (χ1n) is 7.22. The first-order valence-corrected chi connectivity index (χ1v) is 8.42. The maximum atomic E-state index is 5.47. The molecule has 0 amide bonds. The molecule has 0 aromatic heterocycles. The lowest BCUT2D eigenvalue weighted by Crippen LogP contribution is -2.31. The Morgan fingerprint density at radius 2 is 2.04 bits per heavy atom. The summed E-state index contributed by atoms with van der Waals surface area (Å²) < 4.78 is 6.37. The van der Waals surface area contributed by atoms with E-state index in [1.807, 2.05) is 55.5 Å². The van der Waals surface area contributed by atoms with Crippen LogP contribution in [-0.2, 0) is 6.54 Å². The van der Waals surface area contributed by atoms with Gasteiger partial charge >= 0.3 is 0 Å². The molecular weight excluding hydrogens is 374 g/mol. The van der Waals surface area contributed by atoms with Gasteiger partial charge in [-0.15, -0.1) is 0 Å². The topological polar surface area (TPSA) is 45.6 Å². The predicted octanol–water partition coefficient (Wildman–Crippen LogP) is 3.85. The van der Waals surface area contributed by atoms with E-state index in [0.29, 0.717) is 18.3 Å². The summed E-state index contributed by atoms with van der Waals surface area (Å²) in [5, 5.41) is 7.71. The average molecular weight is 392 g/mol. The van der Waals surface area contributed by atoms with Crippen molar-refractivity contribution in [3.63, 3.8) is 0 Å². The second-order valence-corrected chi connectivity index (χ2v) is 5.92. The third-order valence-electron chi connectivity index (χ3n) is 2.93. The fourth-order valence-corrected chi connectivity index (χ4v) is 2.49. The van der Waals surface area contributed by atoms with Gasteiger partial charge in [-0.2, -0.15) is 5.10 Å². The van der Waals surface area contributed by atoms with Crippen molar-refractivity contribution in [2.24, 2.45) is 5.10 Å². The second-order valence-electron chi connectivity index (χ2n) is 4.66. The molecule has 0 saturated heterocycles. The summed E-state index contributed by atoms with van der Waals surface area (Å²) in [7, 11) is 0. The van der Waals surface area contributed by atoms with Crippen molar-refractivity contribution in [2.45, 2.75) is 13.5 Å². The SMILES string of the molecule is CCOc1ccc(/C=N\NC(=S)NCc2ccccc2)cc1Br. The lowest BCUT2D eigenvalue weighted by Gasteiger charge is -2.07. The van der Waals surface area contributed by atoms with Gasteiger partial charge in [0.25, 0.3) is 0 Å². The number of ether oxygens (including phenoxy) is 1. The third-order valence-corrected chi connectivity index (χ3v) is 3.79. The zero-order valence-corrected chi connectivity index (χ0v) is 15.2. The minimum absolute atomic E-state index is 0.482. The van der Waals surface area contributed by atoms with Crippen molar-refractivity contribution in [3.8, 4) is 5.75 Å². The van der Waals surface area contributed by atoms with Gasteiger partial charge in [-0.3, -0.25) is 5.43 Å². The van der Waals surface area contributed by atoms with Gasteiger partial charge in [0.1, 0.15) is 5.75 Å². The standard InChI is InChI=1S/C17H18BrN3OS/c1-2-22-16-9-8-14(10-15(16)18)12-20-21-17(23)19-11-13-6-4-3-5-7-13/h3-10,12H,2,11H2,1H3,(H2,19,21,23)/b20-12-. The quantitative estimate of drug-likeness (QED) is 0.446. The number of halogens is 1. The molecule has 2 aromatic rings. The van der Waals surface area contributed by atoms with Crippen molar-refractivity contribution in [1.29, 1.82) is 0 Å². The van der Waals surface area contributed by atoms with E-state index in [1.165, 1.54) is 0 Å². The number of benzene rings is 2. The van der Waals surface area contributed by atoms with Crippen LogP contribution in [0.3, 0.4) is 0 Å². The van der Waals surface area contributed by atoms with Crippen molar-refractivity contribution >= 4 is 39.5 Å². The van der Waals surface area contributed by atoms with Crippen LogP contribution < -0.4 is 15.5 Å². The molecule has 120 valence electrons. The molecule has 23 heavy (non-hydrogen) atoms. The molecule has 0 radical (unpaired) electrons. The highest BCUT2D eigenvalue weighted by Crippen LogP contribution is 2.25. The largest absolute Gasteiger partial charge is 0.493 e. The zero-order chi connectivity index (χ0) is 16.5. The number of hydrogen-bond donors (Lipinski definition) is 2. The minimum Gasteiger partial charge on any atom is -0.493 e. The van der Waals surface area contributed by atoms with Gasteiger partial charge < -0.3 is 10.1 Å². The van der Waals surface area contributed by atoms with E-state index in [-0.39, 0.29) is 0 Å². The van der Waals surface area contributed by atoms with Crippen LogP contribution in [0, 0.1) is 0 Å². The minimum atomic E-state index is 0.482. The second kappa shape index (κ2) is 9.27. The van der Waals surface area contributed by atoms with Crippen molar-refractivity contribution in [2.75, 3.05) is 6.61 Å². The number of nitrogens with zero attached hydrogens (tertiary/aromatic N) is 1. The van der Waals surface area contributed by atoms with E-state index in [1.54, 1.807) is 6.21 Å². The molecule has 0 atom stereocenters. The Balaban J connectivity index is 1.81. The highest BCUT2D eigenvalue weighted by molar-refractivity contribution is 9.10. The van der Waals surface area contributed by atoms with Crippen LogP contribution in [0.15, 0.2) is 58.1 Å². The van der Waals surface area contributed by atoms with Gasteiger partial charge in [0.15, 0.2) is 5.11 Å². The highest BCUT2D eigenvalue weighted by Gasteiger charge is 2.00. The average Bonchev–Trinajstić information content (AvgIpc) is 2.56. The Kier molecular flexibility index (Phi) is 7.03. The fraction of sp³-hybridized carbons (Fsp3) is 0.176. The van der Waals surface area contributed by atoms with Gasteiger partial charge in [-0.05, 0) is 64.4 Å². The highest BCUT2D eigenvalue weighted by atomic mass is 79.9. The molecule has 2 N–H and O–H groups in total. The van der Waals surface area contributed by atoms with Crippen LogP contribution in [-0.4, -0.2) is 17.9 Å². The van der Waals surface area contributed by atoms with E-state index in [2.05, 4.69) is 31.8 Å². The number of nitrogens with one attached hydrogen (secondary N) is 2. The van der Waals surface area contributed by atoms with Gasteiger partial charge in [-0.1, -0.05) is 30.3 Å². The maximum Gasteiger partial charge on any atom is 0.187 e. The Labute approximate surface area is 150 Å². The monoisotopic (exact) mass is 391 g/mol. The molecular formula is C17H18BrN3OS. The number of hydrogen-bond acceptors (Lipinski definition) is 3. The van der Waals surface area contributed by atoms with E-state index < -0.39 is 0 Å². The predicted molar refractivity (Wildman–Crippen MR) is 102 cm³/mol. The Morgan fingerprint density at radius 3 is 2.74 bits per heavy atom. The fourth-order valence-electron chi connectivity index (χ4n) is 1.85. The summed E-state index contributed by atoms with van der Waals surface area (Å²) in [6.07, 6.45) is 1.71. The molecule has 4 nitrogen and oxygen atoms in total. The van der Waals surface area contributed by atoms with E-state index >= 15 is 0 Å². The summed E-state index contributed by atoms with van der Waals surface area (Å²) in [5.74, 6) is 0.817. The Hall–Kier alpha value is -1.92. The molecule has 0 saturated carbocycles. The van der Waals surface area contributed by atoms with Gasteiger partial charge in [0, 0.05) is 6.54 Å². The first kappa shape index (κ1) is 17.4. The maximum absolute atomic E-state index is 5.47. The molecule has 0 spiro atoms. The normalized spacial score (nSPS) is 10.5. The van der Waals surface area contributed by atoms with Crippen molar-refractivity contribution in [1.82, 2.24) is 10.7 Å². The lowest BCUT2D eigenvalue weighted by atomic mass is 10.2. The molecule has 0 fully saturated rings.